The first kappa shape index (κ1) is 23.4. The monoisotopic (exact) mass is 344 g/mol. The van der Waals surface area contributed by atoms with E-state index in [0.29, 0.717) is 6.42 Å². The minimum atomic E-state index is -0.953. The summed E-state index contributed by atoms with van der Waals surface area (Å²) in [7, 11) is 0. The van der Waals surface area contributed by atoms with Crippen LogP contribution in [0.1, 0.15) is 103 Å². The minimum Gasteiger partial charge on any atom is -0.463 e. The van der Waals surface area contributed by atoms with Crippen molar-refractivity contribution in [1.29, 1.82) is 0 Å². The zero-order valence-corrected chi connectivity index (χ0v) is 15.8. The predicted molar refractivity (Wildman–Crippen MR) is 99.0 cm³/mol. The highest BCUT2D eigenvalue weighted by atomic mass is 16.5. The lowest BCUT2D eigenvalue weighted by Gasteiger charge is -2.08. The molecular formula is C20H40O4. The molecule has 0 aromatic heterocycles. The van der Waals surface area contributed by atoms with Crippen molar-refractivity contribution in [2.24, 2.45) is 0 Å². The van der Waals surface area contributed by atoms with E-state index in [1.807, 2.05) is 0 Å². The third-order valence-corrected chi connectivity index (χ3v) is 4.38. The molecule has 0 aromatic rings. The smallest absolute Gasteiger partial charge is 0.305 e. The van der Waals surface area contributed by atoms with E-state index in [1.165, 1.54) is 77.0 Å². The van der Waals surface area contributed by atoms with Gasteiger partial charge in [0, 0.05) is 6.42 Å². The number of unbranched alkanes of at least 4 members (excludes halogenated alkanes) is 13. The highest BCUT2D eigenvalue weighted by Gasteiger charge is 2.07. The Labute approximate surface area is 149 Å². The van der Waals surface area contributed by atoms with Crippen molar-refractivity contribution >= 4 is 5.97 Å². The quantitative estimate of drug-likeness (QED) is 0.278. The van der Waals surface area contributed by atoms with Crippen molar-refractivity contribution in [3.8, 4) is 0 Å². The Morgan fingerprint density at radius 1 is 0.792 bits per heavy atom. The molecule has 4 nitrogen and oxygen atoms in total. The molecule has 2 N–H and O–H groups in total. The molecule has 0 aliphatic carbocycles. The van der Waals surface area contributed by atoms with Crippen molar-refractivity contribution in [2.45, 2.75) is 109 Å². The summed E-state index contributed by atoms with van der Waals surface area (Å²) in [4.78, 5) is 11.4. The first-order valence-corrected chi connectivity index (χ1v) is 10.1. The Hall–Kier alpha value is -0.610. The van der Waals surface area contributed by atoms with Gasteiger partial charge in [0.15, 0.2) is 0 Å². The lowest BCUT2D eigenvalue weighted by molar-refractivity contribution is -0.147. The number of carbonyl (C=O) groups excluding carboxylic acids is 1. The maximum Gasteiger partial charge on any atom is 0.305 e. The standard InChI is InChI=1S/C20H40O4/c1-2-3-4-5-6-7-8-9-10-11-12-13-14-15-16-20(23)24-18-19(22)17-21/h19,21-22H,2-18H2,1H3/t19-/m0/s1. The second kappa shape index (κ2) is 18.7. The fourth-order valence-electron chi connectivity index (χ4n) is 2.78. The molecule has 0 heterocycles. The maximum absolute atomic E-state index is 11.4. The van der Waals surface area contributed by atoms with Gasteiger partial charge in [-0.15, -0.1) is 0 Å². The van der Waals surface area contributed by atoms with E-state index >= 15 is 0 Å². The van der Waals surface area contributed by atoms with Gasteiger partial charge < -0.3 is 14.9 Å². The van der Waals surface area contributed by atoms with Crippen LogP contribution in [0.15, 0.2) is 0 Å². The van der Waals surface area contributed by atoms with Crippen molar-refractivity contribution in [3.63, 3.8) is 0 Å². The van der Waals surface area contributed by atoms with Crippen LogP contribution in [0.5, 0.6) is 0 Å². The molecule has 0 aromatic carbocycles. The molecule has 0 radical (unpaired) electrons. The van der Waals surface area contributed by atoms with E-state index in [-0.39, 0.29) is 19.2 Å². The molecule has 0 bridgehead atoms. The summed E-state index contributed by atoms with van der Waals surface area (Å²) in [6.45, 7) is 1.79. The number of rotatable bonds is 18. The van der Waals surface area contributed by atoms with Crippen molar-refractivity contribution in [3.05, 3.63) is 0 Å². The van der Waals surface area contributed by atoms with Gasteiger partial charge in [-0.3, -0.25) is 4.79 Å². The highest BCUT2D eigenvalue weighted by molar-refractivity contribution is 5.69. The molecule has 4 heteroatoms. The zero-order valence-electron chi connectivity index (χ0n) is 15.8. The second-order valence-corrected chi connectivity index (χ2v) is 6.87. The molecule has 0 amide bonds. The van der Waals surface area contributed by atoms with Crippen LogP contribution in [-0.4, -0.2) is 35.5 Å². The van der Waals surface area contributed by atoms with Crippen molar-refractivity contribution in [1.82, 2.24) is 0 Å². The molecule has 0 unspecified atom stereocenters. The third-order valence-electron chi connectivity index (χ3n) is 4.38. The zero-order chi connectivity index (χ0) is 17.9. The molecule has 0 spiro atoms. The second-order valence-electron chi connectivity index (χ2n) is 6.87. The normalized spacial score (nSPS) is 12.3. The van der Waals surface area contributed by atoms with Gasteiger partial charge in [-0.1, -0.05) is 90.4 Å². The Kier molecular flexibility index (Phi) is 18.2. The van der Waals surface area contributed by atoms with Crippen LogP contribution < -0.4 is 0 Å². The van der Waals surface area contributed by atoms with E-state index < -0.39 is 6.10 Å². The summed E-state index contributed by atoms with van der Waals surface area (Å²) in [6.07, 6.45) is 17.6. The van der Waals surface area contributed by atoms with Crippen LogP contribution in [0, 0.1) is 0 Å². The molecule has 0 saturated carbocycles. The Balaban J connectivity index is 3.13. The molecule has 0 fully saturated rings. The summed E-state index contributed by atoms with van der Waals surface area (Å²) in [5, 5.41) is 17.7. The number of ether oxygens (including phenoxy) is 1. The van der Waals surface area contributed by atoms with Crippen LogP contribution in [-0.2, 0) is 9.53 Å². The predicted octanol–water partition coefficient (Wildman–Crippen LogP) is 4.75. The maximum atomic E-state index is 11.4. The Morgan fingerprint density at radius 3 is 1.62 bits per heavy atom. The van der Waals surface area contributed by atoms with Gasteiger partial charge in [0.1, 0.15) is 12.7 Å². The Morgan fingerprint density at radius 2 is 1.21 bits per heavy atom. The number of carbonyl (C=O) groups is 1. The molecule has 144 valence electrons. The summed E-state index contributed by atoms with van der Waals surface area (Å²) in [5.74, 6) is -0.276. The molecule has 0 saturated heterocycles. The average molecular weight is 345 g/mol. The van der Waals surface area contributed by atoms with E-state index in [0.717, 1.165) is 12.8 Å². The molecule has 1 atom stereocenters. The van der Waals surface area contributed by atoms with Crippen molar-refractivity contribution in [2.75, 3.05) is 13.2 Å². The molecule has 0 aliphatic heterocycles. The van der Waals surface area contributed by atoms with Gasteiger partial charge in [0.2, 0.25) is 0 Å². The largest absolute Gasteiger partial charge is 0.463 e. The average Bonchev–Trinajstić information content (AvgIpc) is 2.59. The Bertz CT molecular complexity index is 268. The number of aliphatic hydroxyl groups is 2. The van der Waals surface area contributed by atoms with Crippen molar-refractivity contribution < 1.29 is 19.7 Å². The summed E-state index contributed by atoms with van der Waals surface area (Å²) in [6, 6.07) is 0. The fourth-order valence-corrected chi connectivity index (χ4v) is 2.78. The van der Waals surface area contributed by atoms with Crippen LogP contribution in [0.4, 0.5) is 0 Å². The van der Waals surface area contributed by atoms with E-state index in [2.05, 4.69) is 6.92 Å². The lowest BCUT2D eigenvalue weighted by atomic mass is 10.0. The number of aliphatic hydroxyl groups excluding tert-OH is 2. The number of esters is 1. The minimum absolute atomic E-state index is 0.103. The van der Waals surface area contributed by atoms with E-state index in [4.69, 9.17) is 14.9 Å². The third kappa shape index (κ3) is 17.7. The van der Waals surface area contributed by atoms with Gasteiger partial charge in [-0.25, -0.2) is 0 Å². The van der Waals surface area contributed by atoms with Crippen LogP contribution in [0.25, 0.3) is 0 Å². The summed E-state index contributed by atoms with van der Waals surface area (Å²) in [5.41, 5.74) is 0. The van der Waals surface area contributed by atoms with E-state index in [1.54, 1.807) is 0 Å². The number of hydrogen-bond acceptors (Lipinski definition) is 4. The molecule has 0 rings (SSSR count). The number of hydrogen-bond donors (Lipinski definition) is 2. The summed E-state index contributed by atoms with van der Waals surface area (Å²) >= 11 is 0. The van der Waals surface area contributed by atoms with Gasteiger partial charge in [-0.05, 0) is 6.42 Å². The molecule has 24 heavy (non-hydrogen) atoms. The highest BCUT2D eigenvalue weighted by Crippen LogP contribution is 2.13. The topological polar surface area (TPSA) is 66.8 Å². The SMILES string of the molecule is CCCCCCCCCCCCCCCCC(=O)OC[C@@H](O)CO. The van der Waals surface area contributed by atoms with Crippen LogP contribution >= 0.6 is 0 Å². The van der Waals surface area contributed by atoms with Gasteiger partial charge in [-0.2, -0.15) is 0 Å². The first-order valence-electron chi connectivity index (χ1n) is 10.1. The van der Waals surface area contributed by atoms with Gasteiger partial charge >= 0.3 is 5.97 Å². The molecular weight excluding hydrogens is 304 g/mol. The fraction of sp³-hybridized carbons (Fsp3) is 0.950. The first-order chi connectivity index (χ1) is 11.7. The van der Waals surface area contributed by atoms with Gasteiger partial charge in [0.05, 0.1) is 6.61 Å². The van der Waals surface area contributed by atoms with Crippen LogP contribution in [0.3, 0.4) is 0 Å². The lowest BCUT2D eigenvalue weighted by Crippen LogP contribution is -2.21. The van der Waals surface area contributed by atoms with Gasteiger partial charge in [0.25, 0.3) is 0 Å². The summed E-state index contributed by atoms with van der Waals surface area (Å²) < 4.78 is 4.86. The van der Waals surface area contributed by atoms with E-state index in [9.17, 15) is 4.79 Å². The van der Waals surface area contributed by atoms with Crippen LogP contribution in [0.2, 0.25) is 0 Å². The molecule has 0 aliphatic rings.